The molecule has 3 aromatic rings. The van der Waals surface area contributed by atoms with Crippen LogP contribution in [0, 0.1) is 0 Å². The van der Waals surface area contributed by atoms with Gasteiger partial charge in [0.1, 0.15) is 0 Å². The summed E-state index contributed by atoms with van der Waals surface area (Å²) in [6.45, 7) is 9.81. The van der Waals surface area contributed by atoms with E-state index in [0.29, 0.717) is 6.54 Å². The van der Waals surface area contributed by atoms with E-state index in [2.05, 4.69) is 72.6 Å². The van der Waals surface area contributed by atoms with Crippen molar-refractivity contribution < 1.29 is 19.4 Å². The zero-order valence-corrected chi connectivity index (χ0v) is 30.5. The molecular weight excluding hydrogens is 608 g/mol. The standard InChI is InChI=1S/C43H62N2O4/c1-4-6-8-10-12-14-27-45(28-15-13-11-9-7-5-2)32-41-30-42(38-21-19-35(33-46)20-22-38)49-43(48-41)39-25-23-37(24-26-39)40-18-16-17-36(29-40)31-44-34(3)47/h16-26,29,41-43,46H,4-15,27-28,30-33H2,1-3H3,(H,44,47)/t41-,42+,43+/m0/s1. The third-order valence-corrected chi connectivity index (χ3v) is 9.72. The molecule has 0 unspecified atom stereocenters. The number of unbranched alkanes of at least 4 members (excludes halogenated alkanes) is 10. The molecule has 1 aliphatic heterocycles. The molecule has 268 valence electrons. The summed E-state index contributed by atoms with van der Waals surface area (Å²) < 4.78 is 13.5. The first-order valence-corrected chi connectivity index (χ1v) is 19.2. The summed E-state index contributed by atoms with van der Waals surface area (Å²) in [4.78, 5) is 14.1. The molecule has 2 N–H and O–H groups in total. The maximum Gasteiger partial charge on any atom is 0.217 e. The number of nitrogens with one attached hydrogen (secondary N) is 1. The molecule has 0 aliphatic carbocycles. The molecule has 1 heterocycles. The third kappa shape index (κ3) is 13.7. The molecule has 0 bridgehead atoms. The van der Waals surface area contributed by atoms with Crippen LogP contribution in [0.15, 0.2) is 72.8 Å². The third-order valence-electron chi connectivity index (χ3n) is 9.72. The van der Waals surface area contributed by atoms with Gasteiger partial charge in [-0.15, -0.1) is 0 Å². The fraction of sp³-hybridized carbons (Fsp3) is 0.558. The van der Waals surface area contributed by atoms with Crippen molar-refractivity contribution in [1.82, 2.24) is 10.2 Å². The molecule has 6 nitrogen and oxygen atoms in total. The molecule has 1 aliphatic rings. The molecule has 6 heteroatoms. The lowest BCUT2D eigenvalue weighted by atomic mass is 9.98. The second kappa shape index (κ2) is 21.9. The molecule has 3 aromatic carbocycles. The van der Waals surface area contributed by atoms with Gasteiger partial charge in [-0.05, 0) is 59.8 Å². The first-order valence-electron chi connectivity index (χ1n) is 19.2. The van der Waals surface area contributed by atoms with E-state index in [1.165, 1.54) is 77.0 Å². The smallest absolute Gasteiger partial charge is 0.217 e. The summed E-state index contributed by atoms with van der Waals surface area (Å²) in [6.07, 6.45) is 16.0. The Bertz CT molecular complexity index is 1330. The average molecular weight is 671 g/mol. The summed E-state index contributed by atoms with van der Waals surface area (Å²) >= 11 is 0. The second-order valence-electron chi connectivity index (χ2n) is 13.9. The number of nitrogens with zero attached hydrogens (tertiary/aromatic N) is 1. The second-order valence-corrected chi connectivity index (χ2v) is 13.9. The molecule has 0 saturated carbocycles. The van der Waals surface area contributed by atoms with Gasteiger partial charge in [0.2, 0.25) is 5.91 Å². The largest absolute Gasteiger partial charge is 0.392 e. The van der Waals surface area contributed by atoms with Crippen molar-refractivity contribution in [3.63, 3.8) is 0 Å². The summed E-state index contributed by atoms with van der Waals surface area (Å²) in [5, 5.41) is 12.5. The van der Waals surface area contributed by atoms with E-state index < -0.39 is 6.29 Å². The predicted octanol–water partition coefficient (Wildman–Crippen LogP) is 10.1. The molecule has 0 radical (unpaired) electrons. The summed E-state index contributed by atoms with van der Waals surface area (Å²) in [5.41, 5.74) is 6.34. The first kappa shape index (κ1) is 38.8. The highest BCUT2D eigenvalue weighted by atomic mass is 16.7. The van der Waals surface area contributed by atoms with Gasteiger partial charge in [0, 0.05) is 32.0 Å². The van der Waals surface area contributed by atoms with Crippen LogP contribution in [0.25, 0.3) is 11.1 Å². The van der Waals surface area contributed by atoms with Crippen molar-refractivity contribution in [3.8, 4) is 11.1 Å². The molecule has 0 spiro atoms. The van der Waals surface area contributed by atoms with E-state index in [4.69, 9.17) is 9.47 Å². The van der Waals surface area contributed by atoms with Crippen LogP contribution in [0.1, 0.15) is 139 Å². The van der Waals surface area contributed by atoms with Crippen LogP contribution >= 0.6 is 0 Å². The number of aliphatic hydroxyl groups excluding tert-OH is 1. The molecular formula is C43H62N2O4. The van der Waals surface area contributed by atoms with Gasteiger partial charge in [0.05, 0.1) is 18.8 Å². The zero-order chi connectivity index (χ0) is 34.7. The minimum Gasteiger partial charge on any atom is -0.392 e. The molecule has 3 atom stereocenters. The van der Waals surface area contributed by atoms with Crippen molar-refractivity contribution in [2.75, 3.05) is 19.6 Å². The highest BCUT2D eigenvalue weighted by Gasteiger charge is 2.33. The SMILES string of the molecule is CCCCCCCCN(CCCCCCCC)C[C@@H]1C[C@H](c2ccc(CO)cc2)O[C@H](c2ccc(-c3cccc(CNC(C)=O)c3)cc2)O1. The number of rotatable bonds is 22. The Labute approximate surface area is 296 Å². The van der Waals surface area contributed by atoms with Gasteiger partial charge in [-0.2, -0.15) is 0 Å². The average Bonchev–Trinajstić information content (AvgIpc) is 3.13. The summed E-state index contributed by atoms with van der Waals surface area (Å²) in [6, 6.07) is 25.0. The van der Waals surface area contributed by atoms with E-state index in [1.54, 1.807) is 6.92 Å². The van der Waals surface area contributed by atoms with Gasteiger partial charge in [-0.25, -0.2) is 0 Å². The highest BCUT2D eigenvalue weighted by Crippen LogP contribution is 2.39. The van der Waals surface area contributed by atoms with Gasteiger partial charge in [-0.1, -0.05) is 145 Å². The van der Waals surface area contributed by atoms with Gasteiger partial charge in [0.15, 0.2) is 6.29 Å². The van der Waals surface area contributed by atoms with Crippen molar-refractivity contribution in [3.05, 3.63) is 95.1 Å². The number of hydrogen-bond donors (Lipinski definition) is 2. The summed E-state index contributed by atoms with van der Waals surface area (Å²) in [7, 11) is 0. The Kier molecular flexibility index (Phi) is 17.3. The molecule has 4 rings (SSSR count). The van der Waals surface area contributed by atoms with Gasteiger partial charge < -0.3 is 24.8 Å². The maximum absolute atomic E-state index is 11.4. The highest BCUT2D eigenvalue weighted by molar-refractivity contribution is 5.73. The number of carbonyl (C=O) groups excluding carboxylic acids is 1. The topological polar surface area (TPSA) is 71.0 Å². The van der Waals surface area contributed by atoms with E-state index in [-0.39, 0.29) is 24.7 Å². The lowest BCUT2D eigenvalue weighted by molar-refractivity contribution is -0.253. The monoisotopic (exact) mass is 670 g/mol. The maximum atomic E-state index is 11.4. The Morgan fingerprint density at radius 3 is 1.96 bits per heavy atom. The van der Waals surface area contributed by atoms with Crippen LogP contribution in [0.4, 0.5) is 0 Å². The number of carbonyl (C=O) groups is 1. The number of benzene rings is 3. The van der Waals surface area contributed by atoms with Crippen LogP contribution in [-0.2, 0) is 27.4 Å². The number of amides is 1. The molecule has 49 heavy (non-hydrogen) atoms. The number of ether oxygens (including phenoxy) is 2. The fourth-order valence-corrected chi connectivity index (χ4v) is 6.77. The molecule has 1 saturated heterocycles. The summed E-state index contributed by atoms with van der Waals surface area (Å²) in [5.74, 6) is -0.0314. The van der Waals surface area contributed by atoms with Crippen molar-refractivity contribution in [1.29, 1.82) is 0 Å². The van der Waals surface area contributed by atoms with Gasteiger partial charge in [0.25, 0.3) is 0 Å². The quantitative estimate of drug-likeness (QED) is 0.104. The minimum absolute atomic E-state index is 0.0314. The number of aliphatic hydroxyl groups is 1. The van der Waals surface area contributed by atoms with Gasteiger partial charge >= 0.3 is 0 Å². The van der Waals surface area contributed by atoms with E-state index in [9.17, 15) is 9.90 Å². The Hall–Kier alpha value is -3.03. The van der Waals surface area contributed by atoms with E-state index in [1.807, 2.05) is 24.3 Å². The van der Waals surface area contributed by atoms with Crippen LogP contribution in [-0.4, -0.2) is 41.7 Å². The molecule has 0 aromatic heterocycles. The van der Waals surface area contributed by atoms with Crippen molar-refractivity contribution >= 4 is 5.91 Å². The van der Waals surface area contributed by atoms with Crippen LogP contribution < -0.4 is 5.32 Å². The predicted molar refractivity (Wildman–Crippen MR) is 201 cm³/mol. The normalized spacial score (nSPS) is 17.8. The Morgan fingerprint density at radius 1 is 0.735 bits per heavy atom. The minimum atomic E-state index is -0.466. The van der Waals surface area contributed by atoms with Crippen LogP contribution in [0.5, 0.6) is 0 Å². The lowest BCUT2D eigenvalue weighted by Crippen LogP contribution is -2.40. The number of hydrogen-bond acceptors (Lipinski definition) is 5. The van der Waals surface area contributed by atoms with E-state index in [0.717, 1.165) is 59.4 Å². The van der Waals surface area contributed by atoms with Gasteiger partial charge in [-0.3, -0.25) is 4.79 Å². The Balaban J connectivity index is 1.48. The lowest BCUT2D eigenvalue weighted by Gasteiger charge is -2.38. The Morgan fingerprint density at radius 2 is 1.35 bits per heavy atom. The fourth-order valence-electron chi connectivity index (χ4n) is 6.77. The van der Waals surface area contributed by atoms with Crippen molar-refractivity contribution in [2.45, 2.75) is 136 Å². The molecule has 1 fully saturated rings. The first-order chi connectivity index (χ1) is 24.0. The van der Waals surface area contributed by atoms with E-state index >= 15 is 0 Å². The van der Waals surface area contributed by atoms with Crippen LogP contribution in [0.2, 0.25) is 0 Å². The zero-order valence-electron chi connectivity index (χ0n) is 30.5. The van der Waals surface area contributed by atoms with Crippen molar-refractivity contribution in [2.24, 2.45) is 0 Å². The molecule has 1 amide bonds. The van der Waals surface area contributed by atoms with Crippen LogP contribution in [0.3, 0.4) is 0 Å².